The molecule has 0 saturated heterocycles. The predicted octanol–water partition coefficient (Wildman–Crippen LogP) is 2.93. The van der Waals surface area contributed by atoms with Gasteiger partial charge < -0.3 is 10.4 Å². The van der Waals surface area contributed by atoms with Gasteiger partial charge in [0.05, 0.1) is 16.6 Å². The first-order chi connectivity index (χ1) is 13.8. The van der Waals surface area contributed by atoms with Gasteiger partial charge in [0.2, 0.25) is 0 Å². The second-order valence-electron chi connectivity index (χ2n) is 7.96. The average molecular weight is 392 g/mol. The number of carboxylic acid groups (broad SMARTS) is 1. The number of aryl methyl sites for hydroxylation is 2. The van der Waals surface area contributed by atoms with Gasteiger partial charge in [0.25, 0.3) is 5.91 Å². The third kappa shape index (κ3) is 3.37. The van der Waals surface area contributed by atoms with Crippen LogP contribution in [0.3, 0.4) is 0 Å². The van der Waals surface area contributed by atoms with Crippen LogP contribution in [0.2, 0.25) is 0 Å². The molecule has 2 heterocycles. The lowest BCUT2D eigenvalue weighted by molar-refractivity contribution is -0.142. The molecule has 1 fully saturated rings. The van der Waals surface area contributed by atoms with Gasteiger partial charge in [-0.15, -0.1) is 0 Å². The maximum atomic E-state index is 13.1. The predicted molar refractivity (Wildman–Crippen MR) is 109 cm³/mol. The summed E-state index contributed by atoms with van der Waals surface area (Å²) in [6.45, 7) is 3.45. The molecule has 0 bridgehead atoms. The number of nitrogens with zero attached hydrogens (tertiary/aromatic N) is 3. The van der Waals surface area contributed by atoms with Crippen molar-refractivity contribution in [2.45, 2.75) is 38.0 Å². The number of carboxylic acids is 1. The van der Waals surface area contributed by atoms with Gasteiger partial charge in [-0.25, -0.2) is 4.98 Å². The summed E-state index contributed by atoms with van der Waals surface area (Å²) in [6.07, 6.45) is 2.14. The van der Waals surface area contributed by atoms with Crippen LogP contribution in [-0.2, 0) is 17.3 Å². The molecule has 1 atom stereocenters. The summed E-state index contributed by atoms with van der Waals surface area (Å²) in [5.41, 5.74) is 2.22. The number of benzene rings is 1. The van der Waals surface area contributed by atoms with E-state index >= 15 is 0 Å². The molecule has 1 aromatic carbocycles. The molecule has 1 unspecified atom stereocenters. The Hall–Kier alpha value is -3.22. The first kappa shape index (κ1) is 19.1. The number of fused-ring (bicyclic) bond motifs is 1. The molecular formula is C22H24N4O3. The Morgan fingerprint density at radius 1 is 1.28 bits per heavy atom. The van der Waals surface area contributed by atoms with E-state index in [1.807, 2.05) is 26.1 Å². The Kier molecular flexibility index (Phi) is 4.61. The zero-order chi connectivity index (χ0) is 20.8. The molecule has 0 radical (unpaired) electrons. The van der Waals surface area contributed by atoms with Crippen molar-refractivity contribution in [3.63, 3.8) is 0 Å². The van der Waals surface area contributed by atoms with E-state index in [9.17, 15) is 14.7 Å². The lowest BCUT2D eigenvalue weighted by atomic mass is 9.82. The average Bonchev–Trinajstić information content (AvgIpc) is 3.52. The lowest BCUT2D eigenvalue weighted by Gasteiger charge is -2.25. The normalized spacial score (nSPS) is 15.8. The van der Waals surface area contributed by atoms with Gasteiger partial charge in [-0.3, -0.25) is 14.3 Å². The van der Waals surface area contributed by atoms with E-state index in [0.29, 0.717) is 28.1 Å². The molecule has 1 aliphatic rings. The molecule has 7 nitrogen and oxygen atoms in total. The van der Waals surface area contributed by atoms with E-state index in [4.69, 9.17) is 4.98 Å². The van der Waals surface area contributed by atoms with Crippen molar-refractivity contribution in [3.05, 3.63) is 58.9 Å². The smallest absolute Gasteiger partial charge is 0.315 e. The molecule has 29 heavy (non-hydrogen) atoms. The molecule has 2 N–H and O–H groups in total. The van der Waals surface area contributed by atoms with E-state index in [1.54, 1.807) is 35.9 Å². The second-order valence-corrected chi connectivity index (χ2v) is 7.96. The summed E-state index contributed by atoms with van der Waals surface area (Å²) >= 11 is 0. The first-order valence-electron chi connectivity index (χ1n) is 9.72. The van der Waals surface area contributed by atoms with Crippen LogP contribution < -0.4 is 5.32 Å². The Labute approximate surface area is 168 Å². The molecule has 3 aromatic rings. The number of nitrogens with one attached hydrogen (secondary N) is 1. The molecule has 4 rings (SSSR count). The van der Waals surface area contributed by atoms with Gasteiger partial charge in [0.15, 0.2) is 5.65 Å². The highest BCUT2D eigenvalue weighted by molar-refractivity contribution is 6.06. The van der Waals surface area contributed by atoms with Gasteiger partial charge in [0.1, 0.15) is 5.41 Å². The number of pyridine rings is 1. The molecule has 1 saturated carbocycles. The van der Waals surface area contributed by atoms with Crippen molar-refractivity contribution >= 4 is 22.9 Å². The van der Waals surface area contributed by atoms with Gasteiger partial charge in [-0.1, -0.05) is 30.3 Å². The van der Waals surface area contributed by atoms with Crippen LogP contribution in [0.4, 0.5) is 0 Å². The topological polar surface area (TPSA) is 97.1 Å². The number of aromatic nitrogens is 3. The summed E-state index contributed by atoms with van der Waals surface area (Å²) in [5, 5.41) is 17.8. The highest BCUT2D eigenvalue weighted by atomic mass is 16.4. The summed E-state index contributed by atoms with van der Waals surface area (Å²) in [4.78, 5) is 29.9. The van der Waals surface area contributed by atoms with Gasteiger partial charge in [-0.2, -0.15) is 5.10 Å². The van der Waals surface area contributed by atoms with E-state index in [2.05, 4.69) is 10.4 Å². The van der Waals surface area contributed by atoms with Crippen molar-refractivity contribution in [1.29, 1.82) is 0 Å². The molecular weight excluding hydrogens is 368 g/mol. The highest BCUT2D eigenvalue weighted by Gasteiger charge is 2.36. The van der Waals surface area contributed by atoms with Crippen molar-refractivity contribution in [1.82, 2.24) is 20.1 Å². The van der Waals surface area contributed by atoms with Crippen LogP contribution in [0.25, 0.3) is 11.0 Å². The maximum absolute atomic E-state index is 13.1. The molecule has 1 aliphatic carbocycles. The zero-order valence-corrected chi connectivity index (χ0v) is 16.8. The summed E-state index contributed by atoms with van der Waals surface area (Å²) in [7, 11) is 1.82. The van der Waals surface area contributed by atoms with Crippen LogP contribution >= 0.6 is 0 Å². The fourth-order valence-electron chi connectivity index (χ4n) is 3.69. The first-order valence-corrected chi connectivity index (χ1v) is 9.72. The Morgan fingerprint density at radius 3 is 2.59 bits per heavy atom. The SMILES string of the molecule is Cc1nn(C)c2nc(C3CC3)cc(C(=O)NCC(C)(C(=O)O)c3ccccc3)c12. The number of aliphatic carboxylic acids is 1. The minimum atomic E-state index is -1.23. The van der Waals surface area contributed by atoms with Crippen LogP contribution in [0.5, 0.6) is 0 Å². The minimum Gasteiger partial charge on any atom is -0.481 e. The molecule has 0 spiro atoms. The minimum absolute atomic E-state index is 0.0208. The van der Waals surface area contributed by atoms with E-state index < -0.39 is 11.4 Å². The summed E-state index contributed by atoms with van der Waals surface area (Å²) < 4.78 is 1.69. The number of carbonyl (C=O) groups excluding carboxylic acids is 1. The zero-order valence-electron chi connectivity index (χ0n) is 16.8. The Balaban J connectivity index is 1.68. The highest BCUT2D eigenvalue weighted by Crippen LogP contribution is 2.40. The van der Waals surface area contributed by atoms with Crippen LogP contribution in [0, 0.1) is 6.92 Å². The van der Waals surface area contributed by atoms with E-state index in [1.165, 1.54) is 0 Å². The van der Waals surface area contributed by atoms with Crippen LogP contribution in [-0.4, -0.2) is 38.3 Å². The molecule has 7 heteroatoms. The second kappa shape index (κ2) is 6.99. The van der Waals surface area contributed by atoms with Gasteiger partial charge in [0, 0.05) is 25.2 Å². The largest absolute Gasteiger partial charge is 0.481 e. The molecule has 2 aromatic heterocycles. The van der Waals surface area contributed by atoms with Gasteiger partial charge in [-0.05, 0) is 38.3 Å². The van der Waals surface area contributed by atoms with Crippen molar-refractivity contribution in [2.24, 2.45) is 7.05 Å². The number of hydrogen-bond acceptors (Lipinski definition) is 4. The summed E-state index contributed by atoms with van der Waals surface area (Å²) in [5.74, 6) is -0.909. The maximum Gasteiger partial charge on any atom is 0.315 e. The fourth-order valence-corrected chi connectivity index (χ4v) is 3.69. The van der Waals surface area contributed by atoms with Crippen molar-refractivity contribution in [3.8, 4) is 0 Å². The molecule has 1 amide bonds. The number of rotatable bonds is 6. The van der Waals surface area contributed by atoms with Crippen molar-refractivity contribution in [2.75, 3.05) is 6.54 Å². The number of hydrogen-bond donors (Lipinski definition) is 2. The molecule has 150 valence electrons. The summed E-state index contributed by atoms with van der Waals surface area (Å²) in [6, 6.07) is 10.8. The van der Waals surface area contributed by atoms with Crippen molar-refractivity contribution < 1.29 is 14.7 Å². The molecule has 0 aliphatic heterocycles. The van der Waals surface area contributed by atoms with E-state index in [-0.39, 0.29) is 12.5 Å². The standard InChI is InChI=1S/C22H24N4O3/c1-13-18-16(11-17(14-9-10-14)24-19(18)26(3)25-13)20(27)23-12-22(2,21(28)29)15-7-5-4-6-8-15/h4-8,11,14H,9-10,12H2,1-3H3,(H,23,27)(H,28,29). The Morgan fingerprint density at radius 2 is 1.97 bits per heavy atom. The third-order valence-corrected chi connectivity index (χ3v) is 5.71. The van der Waals surface area contributed by atoms with Crippen LogP contribution in [0.1, 0.15) is 53.0 Å². The fraction of sp³-hybridized carbons (Fsp3) is 0.364. The quantitative estimate of drug-likeness (QED) is 0.672. The third-order valence-electron chi connectivity index (χ3n) is 5.71. The number of amides is 1. The Bertz CT molecular complexity index is 1100. The van der Waals surface area contributed by atoms with Crippen LogP contribution in [0.15, 0.2) is 36.4 Å². The number of carbonyl (C=O) groups is 2. The monoisotopic (exact) mass is 392 g/mol. The lowest BCUT2D eigenvalue weighted by Crippen LogP contribution is -2.44. The van der Waals surface area contributed by atoms with E-state index in [0.717, 1.165) is 24.2 Å². The van der Waals surface area contributed by atoms with Gasteiger partial charge >= 0.3 is 5.97 Å².